The van der Waals surface area contributed by atoms with Gasteiger partial charge in [0.1, 0.15) is 11.6 Å². The second-order valence-electron chi connectivity index (χ2n) is 4.59. The predicted octanol–water partition coefficient (Wildman–Crippen LogP) is 4.73. The van der Waals surface area contributed by atoms with Crippen LogP contribution in [0.4, 0.5) is 17.3 Å². The number of nitrogens with zero attached hydrogens (tertiary/aromatic N) is 2. The maximum atomic E-state index is 6.15. The van der Waals surface area contributed by atoms with Gasteiger partial charge in [0, 0.05) is 23.3 Å². The molecule has 0 atom stereocenters. The molecule has 112 valence electrons. The van der Waals surface area contributed by atoms with Gasteiger partial charge in [-0.05, 0) is 37.3 Å². The molecule has 0 aliphatic rings. The van der Waals surface area contributed by atoms with Crippen molar-refractivity contribution in [1.29, 1.82) is 0 Å². The van der Waals surface area contributed by atoms with E-state index in [1.54, 1.807) is 0 Å². The molecule has 0 unspecified atom stereocenters. The van der Waals surface area contributed by atoms with Crippen molar-refractivity contribution in [3.8, 4) is 0 Å². The molecule has 0 aliphatic carbocycles. The second-order valence-corrected chi connectivity index (χ2v) is 5.77. The van der Waals surface area contributed by atoms with Crippen LogP contribution in [0.5, 0.6) is 0 Å². The first-order valence-electron chi connectivity index (χ1n) is 6.83. The molecule has 21 heavy (non-hydrogen) atoms. The highest BCUT2D eigenvalue weighted by Gasteiger charge is 2.07. The van der Waals surface area contributed by atoms with Gasteiger partial charge in [-0.2, -0.15) is 0 Å². The van der Waals surface area contributed by atoms with Crippen LogP contribution >= 0.6 is 23.4 Å². The zero-order valence-electron chi connectivity index (χ0n) is 12.4. The van der Waals surface area contributed by atoms with Crippen LogP contribution in [0.2, 0.25) is 5.02 Å². The molecule has 0 amide bonds. The number of nitrogens with one attached hydrogen (secondary N) is 2. The fraction of sp³-hybridized carbons (Fsp3) is 0.333. The van der Waals surface area contributed by atoms with Gasteiger partial charge >= 0.3 is 0 Å². The minimum atomic E-state index is 0.735. The van der Waals surface area contributed by atoms with Gasteiger partial charge in [0.2, 0.25) is 0 Å². The Hall–Kier alpha value is -1.46. The third kappa shape index (κ3) is 4.25. The summed E-state index contributed by atoms with van der Waals surface area (Å²) >= 11 is 7.67. The number of hydrogen-bond donors (Lipinski definition) is 2. The van der Waals surface area contributed by atoms with E-state index < -0.39 is 0 Å². The lowest BCUT2D eigenvalue weighted by molar-refractivity contribution is 0.929. The van der Waals surface area contributed by atoms with Gasteiger partial charge in [0.15, 0.2) is 5.16 Å². The van der Waals surface area contributed by atoms with Crippen LogP contribution in [-0.4, -0.2) is 22.8 Å². The van der Waals surface area contributed by atoms with Crippen LogP contribution < -0.4 is 10.6 Å². The monoisotopic (exact) mass is 322 g/mol. The van der Waals surface area contributed by atoms with Gasteiger partial charge in [-0.3, -0.25) is 0 Å². The number of benzene rings is 1. The highest BCUT2D eigenvalue weighted by molar-refractivity contribution is 7.98. The molecular weight excluding hydrogens is 304 g/mol. The van der Waals surface area contributed by atoms with Gasteiger partial charge in [-0.1, -0.05) is 36.4 Å². The van der Waals surface area contributed by atoms with E-state index in [-0.39, 0.29) is 0 Å². The van der Waals surface area contributed by atoms with Crippen LogP contribution in [0.15, 0.2) is 29.4 Å². The van der Waals surface area contributed by atoms with Crippen LogP contribution in [0.25, 0.3) is 0 Å². The van der Waals surface area contributed by atoms with Crippen molar-refractivity contribution in [3.05, 3.63) is 34.9 Å². The quantitative estimate of drug-likeness (QED) is 0.595. The van der Waals surface area contributed by atoms with Crippen molar-refractivity contribution in [2.24, 2.45) is 0 Å². The van der Waals surface area contributed by atoms with Gasteiger partial charge in [-0.15, -0.1) is 0 Å². The van der Waals surface area contributed by atoms with E-state index in [1.165, 1.54) is 11.8 Å². The first kappa shape index (κ1) is 15.9. The number of rotatable bonds is 6. The summed E-state index contributed by atoms with van der Waals surface area (Å²) in [5.41, 5.74) is 1.96. The van der Waals surface area contributed by atoms with Crippen LogP contribution in [0, 0.1) is 6.92 Å². The summed E-state index contributed by atoms with van der Waals surface area (Å²) in [5, 5.41) is 8.08. The molecule has 0 radical (unpaired) electrons. The third-order valence-corrected chi connectivity index (χ3v) is 3.93. The molecule has 6 heteroatoms. The molecule has 0 bridgehead atoms. The Morgan fingerprint density at radius 2 is 2.00 bits per heavy atom. The minimum Gasteiger partial charge on any atom is -0.370 e. The van der Waals surface area contributed by atoms with Crippen molar-refractivity contribution in [2.75, 3.05) is 23.4 Å². The first-order valence-corrected chi connectivity index (χ1v) is 8.43. The van der Waals surface area contributed by atoms with Crippen molar-refractivity contribution in [1.82, 2.24) is 9.97 Å². The smallest absolute Gasteiger partial charge is 0.191 e. The van der Waals surface area contributed by atoms with E-state index in [0.29, 0.717) is 0 Å². The zero-order chi connectivity index (χ0) is 15.2. The van der Waals surface area contributed by atoms with E-state index >= 15 is 0 Å². The SMILES string of the molecule is CCCNc1cc(Nc2cccc(Cl)c2C)nc(SC)n1. The number of thioether (sulfide) groups is 1. The topological polar surface area (TPSA) is 49.8 Å². The Kier molecular flexibility index (Phi) is 5.70. The summed E-state index contributed by atoms with van der Waals surface area (Å²) < 4.78 is 0. The lowest BCUT2D eigenvalue weighted by Gasteiger charge is -2.12. The Bertz CT molecular complexity index is 619. The van der Waals surface area contributed by atoms with E-state index in [9.17, 15) is 0 Å². The Balaban J connectivity index is 2.28. The summed E-state index contributed by atoms with van der Waals surface area (Å²) in [5.74, 6) is 1.59. The summed E-state index contributed by atoms with van der Waals surface area (Å²) in [6, 6.07) is 7.70. The molecule has 0 aliphatic heterocycles. The normalized spacial score (nSPS) is 10.5. The number of anilines is 3. The Labute approximate surface area is 134 Å². The van der Waals surface area contributed by atoms with Gasteiger partial charge in [0.25, 0.3) is 0 Å². The van der Waals surface area contributed by atoms with Gasteiger partial charge in [-0.25, -0.2) is 9.97 Å². The summed E-state index contributed by atoms with van der Waals surface area (Å²) in [6.07, 6.45) is 3.02. The molecule has 4 nitrogen and oxygen atoms in total. The van der Waals surface area contributed by atoms with E-state index in [2.05, 4.69) is 27.5 Å². The minimum absolute atomic E-state index is 0.735. The van der Waals surface area contributed by atoms with E-state index in [4.69, 9.17) is 11.6 Å². The fourth-order valence-corrected chi connectivity index (χ4v) is 2.36. The van der Waals surface area contributed by atoms with E-state index in [1.807, 2.05) is 37.4 Å². The highest BCUT2D eigenvalue weighted by atomic mass is 35.5. The molecule has 2 N–H and O–H groups in total. The summed E-state index contributed by atoms with van der Waals surface area (Å²) in [4.78, 5) is 8.93. The van der Waals surface area contributed by atoms with E-state index in [0.717, 1.165) is 46.0 Å². The number of aromatic nitrogens is 2. The second kappa shape index (κ2) is 7.52. The summed E-state index contributed by atoms with van der Waals surface area (Å²) in [6.45, 7) is 5.00. The van der Waals surface area contributed by atoms with Crippen molar-refractivity contribution in [3.63, 3.8) is 0 Å². The Morgan fingerprint density at radius 1 is 1.24 bits per heavy atom. The molecular formula is C15H19ClN4S. The third-order valence-electron chi connectivity index (χ3n) is 2.97. The van der Waals surface area contributed by atoms with Crippen molar-refractivity contribution < 1.29 is 0 Å². The molecule has 2 rings (SSSR count). The van der Waals surface area contributed by atoms with Crippen molar-refractivity contribution >= 4 is 40.7 Å². The average Bonchev–Trinajstić information content (AvgIpc) is 2.49. The standard InChI is InChI=1S/C15H19ClN4S/c1-4-8-17-13-9-14(20-15(19-13)21-3)18-12-7-5-6-11(16)10(12)2/h5-7,9H,4,8H2,1-3H3,(H2,17,18,19,20). The molecule has 2 aromatic rings. The van der Waals surface area contributed by atoms with Crippen molar-refractivity contribution in [2.45, 2.75) is 25.4 Å². The Morgan fingerprint density at radius 3 is 2.71 bits per heavy atom. The predicted molar refractivity (Wildman–Crippen MR) is 92.1 cm³/mol. The van der Waals surface area contributed by atoms with Crippen LogP contribution in [0.1, 0.15) is 18.9 Å². The molecule has 0 spiro atoms. The van der Waals surface area contributed by atoms with Crippen LogP contribution in [-0.2, 0) is 0 Å². The number of hydrogen-bond acceptors (Lipinski definition) is 5. The first-order chi connectivity index (χ1) is 10.1. The maximum Gasteiger partial charge on any atom is 0.191 e. The molecule has 1 heterocycles. The fourth-order valence-electron chi connectivity index (χ4n) is 1.80. The summed E-state index contributed by atoms with van der Waals surface area (Å²) in [7, 11) is 0. The zero-order valence-corrected chi connectivity index (χ0v) is 14.0. The maximum absolute atomic E-state index is 6.15. The lowest BCUT2D eigenvalue weighted by atomic mass is 10.2. The highest BCUT2D eigenvalue weighted by Crippen LogP contribution is 2.27. The number of halogens is 1. The van der Waals surface area contributed by atoms with Crippen LogP contribution in [0.3, 0.4) is 0 Å². The molecule has 0 saturated carbocycles. The molecule has 1 aromatic heterocycles. The average molecular weight is 323 g/mol. The van der Waals surface area contributed by atoms with Gasteiger partial charge in [0.05, 0.1) is 0 Å². The van der Waals surface area contributed by atoms with Gasteiger partial charge < -0.3 is 10.6 Å². The lowest BCUT2D eigenvalue weighted by Crippen LogP contribution is -2.05. The molecule has 0 fully saturated rings. The largest absolute Gasteiger partial charge is 0.370 e. The molecule has 0 saturated heterocycles. The molecule has 1 aromatic carbocycles.